The zero-order valence-electron chi connectivity index (χ0n) is 7.75. The number of hydrogen-bond donors (Lipinski definition) is 2. The van der Waals surface area contributed by atoms with Gasteiger partial charge in [0.2, 0.25) is 5.91 Å². The second-order valence-corrected chi connectivity index (χ2v) is 3.18. The molecule has 1 unspecified atom stereocenters. The Balaban J connectivity index is 2.86. The minimum absolute atomic E-state index is 0.424. The van der Waals surface area contributed by atoms with E-state index in [1.807, 2.05) is 0 Å². The summed E-state index contributed by atoms with van der Waals surface area (Å²) in [6.45, 7) is 3.82. The van der Waals surface area contributed by atoms with E-state index in [0.717, 1.165) is 6.54 Å². The van der Waals surface area contributed by atoms with Crippen molar-refractivity contribution in [2.75, 3.05) is 19.8 Å². The first-order valence-corrected chi connectivity index (χ1v) is 4.39. The van der Waals surface area contributed by atoms with Crippen LogP contribution in [0.4, 0.5) is 0 Å². The van der Waals surface area contributed by atoms with Crippen LogP contribution in [0.15, 0.2) is 0 Å². The fraction of sp³-hybridized carbons (Fsp3) is 0.750. The maximum absolute atomic E-state index is 11.2. The van der Waals surface area contributed by atoms with Gasteiger partial charge < -0.3 is 15.8 Å². The monoisotopic (exact) mass is 185 g/mol. The number of carbonyl (C=O) groups is 2. The Bertz CT molecular complexity index is 213. The fourth-order valence-electron chi connectivity index (χ4n) is 1.62. The van der Waals surface area contributed by atoms with Gasteiger partial charge in [0.15, 0.2) is 5.54 Å². The molecule has 0 aromatic heterocycles. The lowest BCUT2D eigenvalue weighted by Crippen LogP contribution is -2.58. The van der Waals surface area contributed by atoms with Crippen LogP contribution in [0.25, 0.3) is 0 Å². The summed E-state index contributed by atoms with van der Waals surface area (Å²) in [6, 6.07) is 0. The summed E-state index contributed by atoms with van der Waals surface area (Å²) < 4.78 is 0. The van der Waals surface area contributed by atoms with E-state index in [9.17, 15) is 9.59 Å². The van der Waals surface area contributed by atoms with Crippen molar-refractivity contribution in [3.8, 4) is 0 Å². The van der Waals surface area contributed by atoms with Gasteiger partial charge in [-0.05, 0) is 6.42 Å². The Morgan fingerprint density at radius 1 is 1.77 bits per heavy atom. The molecule has 1 aliphatic heterocycles. The molecule has 0 aliphatic carbocycles. The van der Waals surface area contributed by atoms with Gasteiger partial charge in [-0.25, -0.2) is 0 Å². The van der Waals surface area contributed by atoms with Crippen molar-refractivity contribution in [2.45, 2.75) is 18.9 Å². The molecule has 0 aromatic carbocycles. The van der Waals surface area contributed by atoms with E-state index in [1.165, 1.54) is 0 Å². The first-order chi connectivity index (χ1) is 6.17. The Morgan fingerprint density at radius 2 is 2.46 bits per heavy atom. The highest BCUT2D eigenvalue weighted by atomic mass is 16.2. The number of nitrogens with one attached hydrogen (secondary N) is 1. The topological polar surface area (TPSA) is 75.4 Å². The van der Waals surface area contributed by atoms with Crippen molar-refractivity contribution < 1.29 is 9.59 Å². The van der Waals surface area contributed by atoms with Gasteiger partial charge in [-0.15, -0.1) is 0 Å². The second kappa shape index (κ2) is 3.85. The number of rotatable bonds is 4. The summed E-state index contributed by atoms with van der Waals surface area (Å²) >= 11 is 0. The molecule has 1 heterocycles. The predicted octanol–water partition coefficient (Wildman–Crippen LogP) is -1.32. The number of amides is 1. The quantitative estimate of drug-likeness (QED) is 0.421. The molecule has 3 N–H and O–H groups in total. The molecule has 1 fully saturated rings. The van der Waals surface area contributed by atoms with Gasteiger partial charge in [-0.1, -0.05) is 6.92 Å². The number of nitrogens with zero attached hydrogens (tertiary/aromatic N) is 1. The highest BCUT2D eigenvalue weighted by Crippen LogP contribution is 2.17. The summed E-state index contributed by atoms with van der Waals surface area (Å²) in [5, 5.41) is 3.06. The van der Waals surface area contributed by atoms with Crippen LogP contribution in [0.1, 0.15) is 13.3 Å². The van der Waals surface area contributed by atoms with E-state index in [1.54, 1.807) is 11.8 Å². The average Bonchev–Trinajstić information content (AvgIpc) is 2.60. The predicted molar refractivity (Wildman–Crippen MR) is 47.9 cm³/mol. The van der Waals surface area contributed by atoms with Crippen LogP contribution in [-0.4, -0.2) is 42.4 Å². The van der Waals surface area contributed by atoms with Crippen LogP contribution in [0.2, 0.25) is 0 Å². The van der Waals surface area contributed by atoms with Gasteiger partial charge in [-0.3, -0.25) is 9.69 Å². The first kappa shape index (κ1) is 10.1. The molecule has 13 heavy (non-hydrogen) atoms. The lowest BCUT2D eigenvalue weighted by Gasteiger charge is -2.32. The van der Waals surface area contributed by atoms with E-state index < -0.39 is 11.4 Å². The fourth-order valence-corrected chi connectivity index (χ4v) is 1.62. The van der Waals surface area contributed by atoms with Crippen LogP contribution in [0.3, 0.4) is 0 Å². The van der Waals surface area contributed by atoms with E-state index in [0.29, 0.717) is 25.9 Å². The van der Waals surface area contributed by atoms with Gasteiger partial charge in [0.25, 0.3) is 0 Å². The molecule has 1 atom stereocenters. The third kappa shape index (κ3) is 1.57. The molecule has 0 radical (unpaired) electrons. The normalized spacial score (nSPS) is 22.5. The van der Waals surface area contributed by atoms with Crippen molar-refractivity contribution in [1.82, 2.24) is 10.2 Å². The van der Waals surface area contributed by atoms with Gasteiger partial charge in [-0.2, -0.15) is 0 Å². The molecule has 1 saturated heterocycles. The summed E-state index contributed by atoms with van der Waals surface area (Å²) in [5.74, 6) is -0.561. The van der Waals surface area contributed by atoms with E-state index in [-0.39, 0.29) is 0 Å². The number of nitrogens with two attached hydrogens (primary N) is 1. The van der Waals surface area contributed by atoms with Crippen LogP contribution in [0, 0.1) is 0 Å². The van der Waals surface area contributed by atoms with Crippen molar-refractivity contribution in [2.24, 2.45) is 5.73 Å². The molecule has 1 rings (SSSR count). The zero-order valence-corrected chi connectivity index (χ0v) is 7.75. The van der Waals surface area contributed by atoms with Crippen molar-refractivity contribution in [1.29, 1.82) is 0 Å². The molecule has 0 spiro atoms. The van der Waals surface area contributed by atoms with Gasteiger partial charge in [0.05, 0.1) is 0 Å². The number of primary amides is 1. The van der Waals surface area contributed by atoms with Crippen LogP contribution >= 0.6 is 0 Å². The van der Waals surface area contributed by atoms with Gasteiger partial charge >= 0.3 is 0 Å². The molecule has 1 aliphatic rings. The zero-order chi connectivity index (χ0) is 9.90. The van der Waals surface area contributed by atoms with Gasteiger partial charge in [0, 0.05) is 19.8 Å². The maximum atomic E-state index is 11.2. The molecule has 5 heteroatoms. The number of aldehydes is 1. The minimum atomic E-state index is -1.11. The van der Waals surface area contributed by atoms with Crippen molar-refractivity contribution in [3.63, 3.8) is 0 Å². The van der Waals surface area contributed by atoms with Crippen LogP contribution in [0.5, 0.6) is 0 Å². The van der Waals surface area contributed by atoms with E-state index in [4.69, 9.17) is 5.73 Å². The number of hydrogen-bond acceptors (Lipinski definition) is 4. The highest BCUT2D eigenvalue weighted by molar-refractivity contribution is 6.00. The molecular formula is C8H15N3O2. The van der Waals surface area contributed by atoms with Crippen LogP contribution in [-0.2, 0) is 9.59 Å². The number of carbonyl (C=O) groups excluding carboxylic acids is 2. The first-order valence-electron chi connectivity index (χ1n) is 4.39. The molecule has 0 saturated carbocycles. The molecule has 1 amide bonds. The Hall–Kier alpha value is -0.940. The van der Waals surface area contributed by atoms with Crippen molar-refractivity contribution in [3.05, 3.63) is 0 Å². The SMILES string of the molecule is CCC(C=O)(C(N)=O)N1CCNC1. The lowest BCUT2D eigenvalue weighted by atomic mass is 9.95. The smallest absolute Gasteiger partial charge is 0.245 e. The summed E-state index contributed by atoms with van der Waals surface area (Å²) in [5.41, 5.74) is 4.13. The average molecular weight is 185 g/mol. The minimum Gasteiger partial charge on any atom is -0.368 e. The summed E-state index contributed by atoms with van der Waals surface area (Å²) in [4.78, 5) is 23.9. The Labute approximate surface area is 77.3 Å². The third-order valence-electron chi connectivity index (χ3n) is 2.59. The lowest BCUT2D eigenvalue weighted by molar-refractivity contribution is -0.136. The van der Waals surface area contributed by atoms with Crippen molar-refractivity contribution >= 4 is 12.2 Å². The van der Waals surface area contributed by atoms with E-state index in [2.05, 4.69) is 5.32 Å². The van der Waals surface area contributed by atoms with E-state index >= 15 is 0 Å². The summed E-state index contributed by atoms with van der Waals surface area (Å²) in [7, 11) is 0. The van der Waals surface area contributed by atoms with Gasteiger partial charge in [0.1, 0.15) is 6.29 Å². The maximum Gasteiger partial charge on any atom is 0.245 e. The molecule has 0 aromatic rings. The highest BCUT2D eigenvalue weighted by Gasteiger charge is 2.41. The Morgan fingerprint density at radius 3 is 2.77 bits per heavy atom. The third-order valence-corrected chi connectivity index (χ3v) is 2.59. The molecule has 0 bridgehead atoms. The Kier molecular flexibility index (Phi) is 3.00. The molecule has 5 nitrogen and oxygen atoms in total. The molecule has 74 valence electrons. The van der Waals surface area contributed by atoms with Crippen LogP contribution < -0.4 is 11.1 Å². The second-order valence-electron chi connectivity index (χ2n) is 3.18. The standard InChI is InChI=1S/C8H15N3O2/c1-2-8(5-12,7(9)13)11-4-3-10-6-11/h5,10H,2-4,6H2,1H3,(H2,9,13). The summed E-state index contributed by atoms with van der Waals surface area (Å²) in [6.07, 6.45) is 1.08. The molecular weight excluding hydrogens is 170 g/mol. The largest absolute Gasteiger partial charge is 0.368 e.